The smallest absolute Gasteiger partial charge is 0.0714 e. The van der Waals surface area contributed by atoms with E-state index in [1.165, 1.54) is 104 Å². The van der Waals surface area contributed by atoms with E-state index in [0.29, 0.717) is 0 Å². The number of hydrogen-bond acceptors (Lipinski definition) is 0. The lowest BCUT2D eigenvalue weighted by atomic mass is 9.67. The van der Waals surface area contributed by atoms with Crippen molar-refractivity contribution in [3.8, 4) is 22.3 Å². The fraction of sp³-hybridized carbons (Fsp3) is 0.0400. The largest absolute Gasteiger partial charge is 0.343 e. The molecule has 1 aliphatic carbocycles. The molecule has 0 atom stereocenters. The molecule has 12 rings (SSSR count). The highest BCUT2D eigenvalue weighted by Crippen LogP contribution is 2.60. The zero-order valence-electron chi connectivity index (χ0n) is 28.6. The Labute approximate surface area is 300 Å². The van der Waals surface area contributed by atoms with Gasteiger partial charge in [-0.15, -0.1) is 0 Å². The number of aryl methyl sites for hydroxylation is 1. The number of benzene rings is 8. The molecule has 0 saturated carbocycles. The van der Waals surface area contributed by atoms with Gasteiger partial charge in [0.05, 0.1) is 27.5 Å². The normalized spacial score (nSPS) is 13.6. The van der Waals surface area contributed by atoms with E-state index in [-0.39, 0.29) is 0 Å². The predicted octanol–water partition coefficient (Wildman–Crippen LogP) is 12.5. The predicted molar refractivity (Wildman–Crippen MR) is 218 cm³/mol. The van der Waals surface area contributed by atoms with Gasteiger partial charge in [-0.2, -0.15) is 0 Å². The first-order chi connectivity index (χ1) is 25.8. The minimum atomic E-state index is -0.493. The highest BCUT2D eigenvalue weighted by molar-refractivity contribution is 6.36. The minimum absolute atomic E-state index is 0.493. The second-order valence-corrected chi connectivity index (χ2v) is 14.4. The summed E-state index contributed by atoms with van der Waals surface area (Å²) in [5, 5.41) is 7.89. The summed E-state index contributed by atoms with van der Waals surface area (Å²) in [6.45, 7) is 0. The van der Waals surface area contributed by atoms with Crippen molar-refractivity contribution in [2.75, 3.05) is 0 Å². The van der Waals surface area contributed by atoms with Gasteiger partial charge in [0.25, 0.3) is 0 Å². The van der Waals surface area contributed by atoms with Crippen LogP contribution in [-0.2, 0) is 12.5 Å². The molecule has 0 fully saturated rings. The van der Waals surface area contributed by atoms with Gasteiger partial charge in [-0.1, -0.05) is 152 Å². The summed E-state index contributed by atoms with van der Waals surface area (Å²) in [4.78, 5) is 0. The van der Waals surface area contributed by atoms with Gasteiger partial charge < -0.3 is 8.97 Å². The second kappa shape index (κ2) is 9.99. The highest BCUT2D eigenvalue weighted by Gasteiger charge is 2.47. The third kappa shape index (κ3) is 3.27. The summed E-state index contributed by atoms with van der Waals surface area (Å²) in [6.07, 6.45) is 0. The molecule has 2 nitrogen and oxygen atoms in total. The molecule has 11 aromatic rings. The van der Waals surface area contributed by atoms with E-state index < -0.39 is 5.41 Å². The molecular weight excluding hydrogens is 629 g/mol. The van der Waals surface area contributed by atoms with Crippen LogP contribution in [0, 0.1) is 0 Å². The first kappa shape index (κ1) is 28.1. The molecule has 1 aliphatic rings. The third-order valence-electron chi connectivity index (χ3n) is 12.1. The molecule has 0 aliphatic heterocycles. The number of fused-ring (bicyclic) bond motifs is 14. The average Bonchev–Trinajstić information content (AvgIpc) is 3.91. The minimum Gasteiger partial charge on any atom is -0.343 e. The molecule has 52 heavy (non-hydrogen) atoms. The SMILES string of the molecule is Cn1c2ccccc2c2c3c4cc5c(c6c7ccccc7n(c3cc(-c3ccccc3)c21)c46)-c1ccccc1C5(c1ccccc1)c1ccccc1. The van der Waals surface area contributed by atoms with Crippen molar-refractivity contribution in [2.24, 2.45) is 7.05 Å². The van der Waals surface area contributed by atoms with E-state index in [1.54, 1.807) is 0 Å². The van der Waals surface area contributed by atoms with Crippen molar-refractivity contribution in [3.63, 3.8) is 0 Å². The first-order valence-electron chi connectivity index (χ1n) is 18.2. The molecule has 0 radical (unpaired) electrons. The summed E-state index contributed by atoms with van der Waals surface area (Å²) in [7, 11) is 2.24. The Hall–Kier alpha value is -6.64. The molecule has 3 aromatic heterocycles. The Bertz CT molecular complexity index is 3180. The van der Waals surface area contributed by atoms with Crippen molar-refractivity contribution in [1.29, 1.82) is 0 Å². The molecular formula is C50H32N2. The van der Waals surface area contributed by atoms with Crippen molar-refractivity contribution in [1.82, 2.24) is 8.97 Å². The van der Waals surface area contributed by atoms with Crippen LogP contribution < -0.4 is 0 Å². The van der Waals surface area contributed by atoms with E-state index in [2.05, 4.69) is 192 Å². The van der Waals surface area contributed by atoms with Crippen LogP contribution in [0.3, 0.4) is 0 Å². The van der Waals surface area contributed by atoms with Crippen molar-refractivity contribution < 1.29 is 0 Å². The summed E-state index contributed by atoms with van der Waals surface area (Å²) >= 11 is 0. The molecule has 0 spiro atoms. The molecule has 0 amide bonds. The second-order valence-electron chi connectivity index (χ2n) is 14.4. The lowest BCUT2D eigenvalue weighted by Gasteiger charge is -2.34. The number of aromatic nitrogens is 2. The van der Waals surface area contributed by atoms with Gasteiger partial charge in [0, 0.05) is 50.4 Å². The van der Waals surface area contributed by atoms with E-state index >= 15 is 0 Å². The molecule has 242 valence electrons. The van der Waals surface area contributed by atoms with Crippen LogP contribution in [0.15, 0.2) is 176 Å². The third-order valence-corrected chi connectivity index (χ3v) is 12.1. The summed E-state index contributed by atoms with van der Waals surface area (Å²) < 4.78 is 4.99. The number of hydrogen-bond donors (Lipinski definition) is 0. The topological polar surface area (TPSA) is 9.34 Å². The molecule has 3 heterocycles. The van der Waals surface area contributed by atoms with Gasteiger partial charge >= 0.3 is 0 Å². The maximum absolute atomic E-state index is 2.59. The highest BCUT2D eigenvalue weighted by atomic mass is 15.0. The van der Waals surface area contributed by atoms with Gasteiger partial charge in [0.2, 0.25) is 0 Å². The summed E-state index contributed by atoms with van der Waals surface area (Å²) in [5.74, 6) is 0. The standard InChI is InChI=1S/C50H32N2/c1-51-41-27-15-12-24-35(41)47-45-38-29-40-44(34-23-11-14-26-39(34)50(40,32-19-7-3-8-20-32)33-21-9-4-10-22-33)46-36-25-13-16-28-42(36)52(49(38)46)43(45)30-37(48(47)51)31-17-5-2-6-18-31/h2-30H,1H3. The van der Waals surface area contributed by atoms with Crippen LogP contribution in [0.4, 0.5) is 0 Å². The molecule has 2 heteroatoms. The average molecular weight is 661 g/mol. The Morgan fingerprint density at radius 2 is 0.981 bits per heavy atom. The van der Waals surface area contributed by atoms with E-state index in [1.807, 2.05) is 0 Å². The molecule has 0 saturated heterocycles. The van der Waals surface area contributed by atoms with Crippen molar-refractivity contribution in [3.05, 3.63) is 198 Å². The quantitative estimate of drug-likeness (QED) is 0.178. The van der Waals surface area contributed by atoms with Crippen LogP contribution >= 0.6 is 0 Å². The Kier molecular flexibility index (Phi) is 5.40. The summed E-state index contributed by atoms with van der Waals surface area (Å²) in [5.41, 5.74) is 16.3. The lowest BCUT2D eigenvalue weighted by Crippen LogP contribution is -2.28. The first-order valence-corrected chi connectivity index (χ1v) is 18.2. The maximum atomic E-state index is 2.59. The van der Waals surface area contributed by atoms with Crippen molar-refractivity contribution in [2.45, 2.75) is 5.41 Å². The molecule has 0 bridgehead atoms. The van der Waals surface area contributed by atoms with E-state index in [0.717, 1.165) is 0 Å². The van der Waals surface area contributed by atoms with Gasteiger partial charge in [-0.25, -0.2) is 0 Å². The monoisotopic (exact) mass is 660 g/mol. The Balaban J connectivity index is 1.39. The van der Waals surface area contributed by atoms with Crippen LogP contribution in [0.1, 0.15) is 22.3 Å². The van der Waals surface area contributed by atoms with Crippen LogP contribution in [0.2, 0.25) is 0 Å². The molecule has 0 unspecified atom stereocenters. The number of rotatable bonds is 3. The molecule has 0 N–H and O–H groups in total. The zero-order valence-corrected chi connectivity index (χ0v) is 28.6. The molecule has 8 aromatic carbocycles. The van der Waals surface area contributed by atoms with E-state index in [4.69, 9.17) is 0 Å². The zero-order chi connectivity index (χ0) is 34.1. The Morgan fingerprint density at radius 3 is 1.69 bits per heavy atom. The van der Waals surface area contributed by atoms with Crippen LogP contribution in [-0.4, -0.2) is 8.97 Å². The van der Waals surface area contributed by atoms with Crippen LogP contribution in [0.5, 0.6) is 0 Å². The lowest BCUT2D eigenvalue weighted by molar-refractivity contribution is 0.770. The van der Waals surface area contributed by atoms with Gasteiger partial charge in [-0.05, 0) is 63.2 Å². The van der Waals surface area contributed by atoms with Crippen LogP contribution in [0.25, 0.3) is 82.2 Å². The van der Waals surface area contributed by atoms with Gasteiger partial charge in [-0.3, -0.25) is 0 Å². The fourth-order valence-corrected chi connectivity index (χ4v) is 10.2. The number of nitrogens with zero attached hydrogens (tertiary/aromatic N) is 2. The van der Waals surface area contributed by atoms with Crippen molar-refractivity contribution >= 4 is 59.9 Å². The summed E-state index contributed by atoms with van der Waals surface area (Å²) in [6, 6.07) is 65.5. The Morgan fingerprint density at radius 1 is 0.404 bits per heavy atom. The van der Waals surface area contributed by atoms with Gasteiger partial charge in [0.15, 0.2) is 0 Å². The maximum Gasteiger partial charge on any atom is 0.0714 e. The number of para-hydroxylation sites is 2. The van der Waals surface area contributed by atoms with E-state index in [9.17, 15) is 0 Å². The fourth-order valence-electron chi connectivity index (χ4n) is 10.2. The van der Waals surface area contributed by atoms with Gasteiger partial charge in [0.1, 0.15) is 0 Å².